The quantitative estimate of drug-likeness (QED) is 0.503. The molecular formula is C7H5F3N2O. The van der Waals surface area contributed by atoms with Crippen molar-refractivity contribution in [3.8, 4) is 5.75 Å². The lowest BCUT2D eigenvalue weighted by Gasteiger charge is -2.02. The van der Waals surface area contributed by atoms with Crippen LogP contribution in [0.25, 0.3) is 0 Å². The van der Waals surface area contributed by atoms with Crippen LogP contribution in [0.15, 0.2) is 12.1 Å². The summed E-state index contributed by atoms with van der Waals surface area (Å²) in [4.78, 5) is 0. The van der Waals surface area contributed by atoms with Crippen LogP contribution in [-0.4, -0.2) is 7.11 Å². The van der Waals surface area contributed by atoms with Crippen LogP contribution in [0.3, 0.4) is 0 Å². The zero-order valence-electron chi connectivity index (χ0n) is 6.59. The first-order valence-electron chi connectivity index (χ1n) is 3.04. The summed E-state index contributed by atoms with van der Waals surface area (Å²) >= 11 is 0. The third-order valence-corrected chi connectivity index (χ3v) is 1.21. The highest BCUT2D eigenvalue weighted by atomic mass is 19.2. The van der Waals surface area contributed by atoms with Gasteiger partial charge in [-0.05, 0) is 12.1 Å². The molecule has 0 heterocycles. The van der Waals surface area contributed by atoms with Crippen molar-refractivity contribution in [1.29, 1.82) is 10.8 Å². The second-order valence-corrected chi connectivity index (χ2v) is 1.88. The van der Waals surface area contributed by atoms with Gasteiger partial charge in [0.2, 0.25) is 5.82 Å². The Hall–Kier alpha value is -1.77. The summed E-state index contributed by atoms with van der Waals surface area (Å²) < 4.78 is 41.6. The van der Waals surface area contributed by atoms with Crippen molar-refractivity contribution < 1.29 is 17.9 Å². The average molecular weight is 190 g/mol. The number of ether oxygens (including phenoxy) is 1. The molecule has 1 rings (SSSR count). The van der Waals surface area contributed by atoms with Gasteiger partial charge in [-0.25, -0.2) is 8.78 Å². The fraction of sp³-hybridized carbons (Fsp3) is 0.143. The number of hydrogen-bond acceptors (Lipinski definition) is 3. The van der Waals surface area contributed by atoms with Crippen molar-refractivity contribution in [2.45, 2.75) is 0 Å². The van der Waals surface area contributed by atoms with Gasteiger partial charge in [-0.15, -0.1) is 0 Å². The van der Waals surface area contributed by atoms with Crippen molar-refractivity contribution in [3.05, 3.63) is 29.6 Å². The lowest BCUT2D eigenvalue weighted by Crippen LogP contribution is -1.94. The van der Waals surface area contributed by atoms with Gasteiger partial charge in [0.05, 0.1) is 7.11 Å². The van der Waals surface area contributed by atoms with E-state index in [0.29, 0.717) is 6.07 Å². The standard InChI is InChI=1S/C7H5F3O.N2/c1-11-7-5(9)3-2-4(8)6(7)10;1-2/h2-3H,1H3;. The van der Waals surface area contributed by atoms with Gasteiger partial charge in [-0.1, -0.05) is 0 Å². The molecule has 0 unspecified atom stereocenters. The van der Waals surface area contributed by atoms with Crippen molar-refractivity contribution in [1.82, 2.24) is 0 Å². The number of benzene rings is 1. The van der Waals surface area contributed by atoms with Crippen molar-refractivity contribution in [2.75, 3.05) is 7.11 Å². The van der Waals surface area contributed by atoms with E-state index in [1.165, 1.54) is 0 Å². The van der Waals surface area contributed by atoms with Crippen LogP contribution in [0.5, 0.6) is 5.75 Å². The Balaban J connectivity index is 0.000000671. The van der Waals surface area contributed by atoms with Gasteiger partial charge < -0.3 is 4.74 Å². The lowest BCUT2D eigenvalue weighted by atomic mass is 10.3. The smallest absolute Gasteiger partial charge is 0.203 e. The molecule has 6 heteroatoms. The van der Waals surface area contributed by atoms with E-state index in [2.05, 4.69) is 4.74 Å². The van der Waals surface area contributed by atoms with Crippen molar-refractivity contribution in [2.24, 2.45) is 0 Å². The second-order valence-electron chi connectivity index (χ2n) is 1.88. The monoisotopic (exact) mass is 190 g/mol. The van der Waals surface area contributed by atoms with E-state index in [4.69, 9.17) is 10.8 Å². The number of methoxy groups -OCH3 is 1. The van der Waals surface area contributed by atoms with Crippen LogP contribution >= 0.6 is 0 Å². The van der Waals surface area contributed by atoms with Crippen LogP contribution in [0.4, 0.5) is 13.2 Å². The Kier molecular flexibility index (Phi) is 4.30. The lowest BCUT2D eigenvalue weighted by molar-refractivity contribution is 0.347. The van der Waals surface area contributed by atoms with Crippen molar-refractivity contribution in [3.63, 3.8) is 0 Å². The van der Waals surface area contributed by atoms with Gasteiger partial charge in [-0.3, -0.25) is 0 Å². The van der Waals surface area contributed by atoms with Crippen molar-refractivity contribution >= 4 is 0 Å². The molecule has 0 fully saturated rings. The molecule has 0 spiro atoms. The van der Waals surface area contributed by atoms with Crippen LogP contribution in [0.1, 0.15) is 0 Å². The van der Waals surface area contributed by atoms with E-state index in [-0.39, 0.29) is 0 Å². The molecule has 0 aliphatic carbocycles. The summed E-state index contributed by atoms with van der Waals surface area (Å²) in [6, 6.07) is 1.50. The summed E-state index contributed by atoms with van der Waals surface area (Å²) in [7, 11) is 1.07. The molecule has 0 N–H and O–H groups in total. The highest BCUT2D eigenvalue weighted by molar-refractivity contribution is 5.26. The predicted molar refractivity (Wildman–Crippen MR) is 36.3 cm³/mol. The van der Waals surface area contributed by atoms with E-state index >= 15 is 0 Å². The highest BCUT2D eigenvalue weighted by Crippen LogP contribution is 2.22. The van der Waals surface area contributed by atoms with Crippen LogP contribution in [-0.2, 0) is 0 Å². The molecule has 3 nitrogen and oxygen atoms in total. The molecule has 0 atom stereocenters. The fourth-order valence-corrected chi connectivity index (χ4v) is 0.696. The maximum atomic E-state index is 12.5. The zero-order chi connectivity index (χ0) is 10.4. The molecule has 0 saturated carbocycles. The topological polar surface area (TPSA) is 56.8 Å². The summed E-state index contributed by atoms with van der Waals surface area (Å²) in [6.45, 7) is 0. The summed E-state index contributed by atoms with van der Waals surface area (Å²) in [6.07, 6.45) is 0. The molecule has 1 aromatic rings. The summed E-state index contributed by atoms with van der Waals surface area (Å²) in [5, 5.41) is 12.0. The first-order valence-corrected chi connectivity index (χ1v) is 3.04. The SMILES string of the molecule is COc1c(F)ccc(F)c1F.N#N. The minimum atomic E-state index is -1.30. The molecule has 0 aliphatic heterocycles. The van der Waals surface area contributed by atoms with Gasteiger partial charge >= 0.3 is 0 Å². The molecule has 0 aromatic heterocycles. The molecule has 0 saturated heterocycles. The van der Waals surface area contributed by atoms with E-state index in [1.54, 1.807) is 0 Å². The number of hydrogen-bond donors (Lipinski definition) is 0. The van der Waals surface area contributed by atoms with Crippen LogP contribution < -0.4 is 4.74 Å². The number of nitrogens with zero attached hydrogens (tertiary/aromatic N) is 2. The second kappa shape index (κ2) is 4.98. The minimum Gasteiger partial charge on any atom is -0.491 e. The van der Waals surface area contributed by atoms with Gasteiger partial charge in [0, 0.05) is 10.8 Å². The third kappa shape index (κ3) is 2.33. The molecule has 13 heavy (non-hydrogen) atoms. The summed E-state index contributed by atoms with van der Waals surface area (Å²) in [5.41, 5.74) is 0. The van der Waals surface area contributed by atoms with Gasteiger partial charge in [-0.2, -0.15) is 4.39 Å². The Morgan fingerprint density at radius 1 is 1.08 bits per heavy atom. The Morgan fingerprint density at radius 3 is 1.92 bits per heavy atom. The van der Waals surface area contributed by atoms with Gasteiger partial charge in [0.1, 0.15) is 0 Å². The summed E-state index contributed by atoms with van der Waals surface area (Å²) in [5.74, 6) is -4.02. The average Bonchev–Trinajstić information content (AvgIpc) is 2.16. The molecule has 1 aromatic carbocycles. The molecule has 0 radical (unpaired) electrons. The third-order valence-electron chi connectivity index (χ3n) is 1.21. The van der Waals surface area contributed by atoms with Crippen LogP contribution in [0.2, 0.25) is 0 Å². The van der Waals surface area contributed by atoms with E-state index in [0.717, 1.165) is 13.2 Å². The Bertz CT molecular complexity index is 314. The van der Waals surface area contributed by atoms with E-state index in [1.807, 2.05) is 0 Å². The first-order chi connectivity index (χ1) is 6.16. The number of rotatable bonds is 1. The molecule has 0 amide bonds. The minimum absolute atomic E-state index is 0.690. The Labute approximate surface area is 72.2 Å². The van der Waals surface area contributed by atoms with E-state index in [9.17, 15) is 13.2 Å². The molecular weight excluding hydrogens is 185 g/mol. The highest BCUT2D eigenvalue weighted by Gasteiger charge is 2.13. The fourth-order valence-electron chi connectivity index (χ4n) is 0.696. The molecule has 0 aliphatic rings. The van der Waals surface area contributed by atoms with E-state index < -0.39 is 23.2 Å². The number of halogens is 3. The normalized spacial score (nSPS) is 8.46. The maximum Gasteiger partial charge on any atom is 0.203 e. The predicted octanol–water partition coefficient (Wildman–Crippen LogP) is 2.14. The zero-order valence-corrected chi connectivity index (χ0v) is 6.59. The molecule has 70 valence electrons. The first kappa shape index (κ1) is 11.2. The van der Waals surface area contributed by atoms with Crippen LogP contribution in [0, 0.1) is 28.2 Å². The molecule has 0 bridgehead atoms. The maximum absolute atomic E-state index is 12.5. The largest absolute Gasteiger partial charge is 0.491 e. The van der Waals surface area contributed by atoms with Gasteiger partial charge in [0.25, 0.3) is 0 Å². The Morgan fingerprint density at radius 2 is 1.54 bits per heavy atom. The van der Waals surface area contributed by atoms with Gasteiger partial charge in [0.15, 0.2) is 17.4 Å².